The molecule has 11 nitrogen and oxygen atoms in total. The number of nitrogen functional groups attached to an aromatic ring is 2. The van der Waals surface area contributed by atoms with Crippen LogP contribution in [-0.2, 0) is 0 Å². The predicted molar refractivity (Wildman–Crippen MR) is 121 cm³/mol. The van der Waals surface area contributed by atoms with Crippen LogP contribution in [0.25, 0.3) is 0 Å². The largest absolute Gasteiger partial charge is 0.573 e. The monoisotopic (exact) mass is 660 g/mol. The molecule has 0 aliphatic carbocycles. The molecule has 4 N–H and O–H groups in total. The van der Waals surface area contributed by atoms with E-state index in [0.29, 0.717) is 30.3 Å². The van der Waals surface area contributed by atoms with Crippen LogP contribution < -0.4 is 25.7 Å². The van der Waals surface area contributed by atoms with E-state index in [1.807, 2.05) is 0 Å². The first kappa shape index (κ1) is 36.6. The Hall–Kier alpha value is -5.38. The molecule has 0 atom stereocenters. The van der Waals surface area contributed by atoms with E-state index in [0.717, 1.165) is 12.1 Å². The number of benzene rings is 3. The van der Waals surface area contributed by atoms with Gasteiger partial charge in [0.15, 0.2) is 11.5 Å². The highest BCUT2D eigenvalue weighted by Crippen LogP contribution is 2.34. The molecular formula is C21H12F12N4O7. The van der Waals surface area contributed by atoms with Gasteiger partial charge in [-0.05, 0) is 18.2 Å². The van der Waals surface area contributed by atoms with Gasteiger partial charge < -0.3 is 25.7 Å². The Labute approximate surface area is 234 Å². The molecule has 3 aromatic rings. The van der Waals surface area contributed by atoms with Crippen molar-refractivity contribution in [2.24, 2.45) is 0 Å². The second-order valence-electron chi connectivity index (χ2n) is 7.29. The van der Waals surface area contributed by atoms with Crippen LogP contribution in [0.1, 0.15) is 0 Å². The third-order valence-electron chi connectivity index (χ3n) is 4.05. The van der Waals surface area contributed by atoms with Crippen LogP contribution >= 0.6 is 0 Å². The Morgan fingerprint density at radius 1 is 0.545 bits per heavy atom. The fourth-order valence-corrected chi connectivity index (χ4v) is 2.48. The molecule has 3 rings (SSSR count). The molecule has 44 heavy (non-hydrogen) atoms. The molecule has 0 amide bonds. The number of nitro groups is 2. The van der Waals surface area contributed by atoms with Crippen LogP contribution in [0.5, 0.6) is 17.2 Å². The summed E-state index contributed by atoms with van der Waals surface area (Å²) in [7, 11) is 0. The molecule has 0 bridgehead atoms. The lowest BCUT2D eigenvalue weighted by Crippen LogP contribution is -2.18. The summed E-state index contributed by atoms with van der Waals surface area (Å²) in [6.07, 6.45) is -15.0. The maximum atomic E-state index is 12.9. The van der Waals surface area contributed by atoms with Crippen molar-refractivity contribution in [2.75, 3.05) is 11.5 Å². The summed E-state index contributed by atoms with van der Waals surface area (Å²) in [5.74, 6) is -6.28. The van der Waals surface area contributed by atoms with E-state index in [9.17, 15) is 72.9 Å². The number of nitrogens with zero attached hydrogens (tertiary/aromatic N) is 2. The van der Waals surface area contributed by atoms with Crippen LogP contribution in [0.15, 0.2) is 48.5 Å². The number of anilines is 2. The van der Waals surface area contributed by atoms with Gasteiger partial charge in [-0.2, -0.15) is 4.39 Å². The number of nitrogens with two attached hydrogens (primary N) is 2. The van der Waals surface area contributed by atoms with Crippen LogP contribution in [-0.4, -0.2) is 28.9 Å². The molecule has 0 radical (unpaired) electrons. The number of ether oxygens (including phenoxy) is 3. The minimum absolute atomic E-state index is 0.209. The number of hydrogen-bond acceptors (Lipinski definition) is 9. The Kier molecular flexibility index (Phi) is 11.8. The van der Waals surface area contributed by atoms with E-state index in [1.165, 1.54) is 0 Å². The molecule has 0 unspecified atom stereocenters. The molecule has 3 aromatic carbocycles. The van der Waals surface area contributed by atoms with Crippen molar-refractivity contribution in [1.29, 1.82) is 0 Å². The topological polar surface area (TPSA) is 166 Å². The van der Waals surface area contributed by atoms with Gasteiger partial charge >= 0.3 is 30.5 Å². The van der Waals surface area contributed by atoms with Gasteiger partial charge in [-0.25, -0.2) is 8.78 Å². The van der Waals surface area contributed by atoms with Crippen molar-refractivity contribution in [2.45, 2.75) is 19.1 Å². The predicted octanol–water partition coefficient (Wildman–Crippen LogP) is 7.15. The number of rotatable bonds is 5. The molecule has 0 saturated carbocycles. The zero-order chi connectivity index (χ0) is 34.2. The molecule has 0 aromatic heterocycles. The van der Waals surface area contributed by atoms with E-state index in [2.05, 4.69) is 14.2 Å². The minimum Gasteiger partial charge on any atom is -0.403 e. The van der Waals surface area contributed by atoms with E-state index in [1.54, 1.807) is 0 Å². The first-order chi connectivity index (χ1) is 19.9. The third kappa shape index (κ3) is 13.1. The lowest BCUT2D eigenvalue weighted by Gasteiger charge is -2.10. The van der Waals surface area contributed by atoms with Gasteiger partial charge in [-0.3, -0.25) is 20.2 Å². The first-order valence-electron chi connectivity index (χ1n) is 10.4. The molecule has 23 heteroatoms. The van der Waals surface area contributed by atoms with Crippen molar-refractivity contribution in [1.82, 2.24) is 0 Å². The van der Waals surface area contributed by atoms with Gasteiger partial charge in [0.1, 0.15) is 11.6 Å². The van der Waals surface area contributed by atoms with Crippen LogP contribution in [0.4, 0.5) is 75.4 Å². The number of nitro benzene ring substituents is 2. The van der Waals surface area contributed by atoms with Gasteiger partial charge in [0.2, 0.25) is 11.6 Å². The zero-order valence-electron chi connectivity index (χ0n) is 20.6. The molecule has 0 heterocycles. The second-order valence-corrected chi connectivity index (χ2v) is 7.29. The summed E-state index contributed by atoms with van der Waals surface area (Å²) in [6, 6.07) is 4.73. The first-order valence-corrected chi connectivity index (χ1v) is 10.4. The number of alkyl halides is 9. The number of hydrogen-bond donors (Lipinski definition) is 2. The average Bonchev–Trinajstić information content (AvgIpc) is 2.81. The highest BCUT2D eigenvalue weighted by atomic mass is 19.4. The molecule has 0 fully saturated rings. The summed E-state index contributed by atoms with van der Waals surface area (Å²) in [6.45, 7) is 0. The highest BCUT2D eigenvalue weighted by Gasteiger charge is 2.35. The normalized spacial score (nSPS) is 11.3. The van der Waals surface area contributed by atoms with E-state index in [4.69, 9.17) is 11.5 Å². The summed E-state index contributed by atoms with van der Waals surface area (Å²) in [5, 5.41) is 20.5. The van der Waals surface area contributed by atoms with Gasteiger partial charge in [0.25, 0.3) is 0 Å². The summed E-state index contributed by atoms with van der Waals surface area (Å²) < 4.78 is 153. The van der Waals surface area contributed by atoms with Crippen molar-refractivity contribution >= 4 is 22.7 Å². The van der Waals surface area contributed by atoms with Crippen molar-refractivity contribution in [3.63, 3.8) is 0 Å². The van der Waals surface area contributed by atoms with E-state index in [-0.39, 0.29) is 11.8 Å². The van der Waals surface area contributed by atoms with E-state index >= 15 is 0 Å². The molecule has 242 valence electrons. The third-order valence-corrected chi connectivity index (χ3v) is 4.05. The molecule has 0 spiro atoms. The summed E-state index contributed by atoms with van der Waals surface area (Å²) >= 11 is 0. The SMILES string of the molecule is Nc1cc([N+](=O)[O-])c(F)cc1OC(F)(F)F.Nc1ccc(F)cc1OC(F)(F)F.O=[N+]([O-])c1ccc(F)cc1OC(F)(F)F. The standard InChI is InChI=1S/C7H4F4N2O3.C7H3F4NO3.C7H5F4NO/c8-3-1-6(16-7(9,10)11)4(12)2-5(3)13(14)15;8-4-1-2-5(12(13)14)6(3-4)15-7(9,10)11;8-4-1-2-5(12)6(3-4)13-7(9,10)11/h1-2H,12H2;1-3H;1-3H,12H2. The maximum absolute atomic E-state index is 12.9. The van der Waals surface area contributed by atoms with Gasteiger partial charge in [-0.1, -0.05) is 0 Å². The quantitative estimate of drug-likeness (QED) is 0.125. The van der Waals surface area contributed by atoms with Crippen molar-refractivity contribution < 1.29 is 76.7 Å². The Morgan fingerprint density at radius 3 is 1.36 bits per heavy atom. The van der Waals surface area contributed by atoms with Crippen LogP contribution in [0, 0.1) is 37.7 Å². The molecule has 0 aliphatic rings. The molecule has 0 saturated heterocycles. The zero-order valence-corrected chi connectivity index (χ0v) is 20.6. The van der Waals surface area contributed by atoms with Crippen molar-refractivity contribution in [3.05, 3.63) is 86.2 Å². The summed E-state index contributed by atoms with van der Waals surface area (Å²) in [5.41, 5.74) is 7.23. The lowest BCUT2D eigenvalue weighted by molar-refractivity contribution is -0.388. The second kappa shape index (κ2) is 14.2. The smallest absolute Gasteiger partial charge is 0.403 e. The molecule has 0 aliphatic heterocycles. The minimum atomic E-state index is -5.10. The average molecular weight is 660 g/mol. The van der Waals surface area contributed by atoms with Gasteiger partial charge in [0.05, 0.1) is 21.2 Å². The fraction of sp³-hybridized carbons (Fsp3) is 0.143. The Bertz CT molecular complexity index is 1480. The van der Waals surface area contributed by atoms with Crippen LogP contribution in [0.3, 0.4) is 0 Å². The Balaban J connectivity index is 0.000000332. The Morgan fingerprint density at radius 2 is 0.932 bits per heavy atom. The summed E-state index contributed by atoms with van der Waals surface area (Å²) in [4.78, 5) is 18.3. The van der Waals surface area contributed by atoms with Crippen LogP contribution in [0.2, 0.25) is 0 Å². The highest BCUT2D eigenvalue weighted by molar-refractivity contribution is 5.59. The fourth-order valence-electron chi connectivity index (χ4n) is 2.48. The number of halogens is 12. The van der Waals surface area contributed by atoms with Gasteiger partial charge in [-0.15, -0.1) is 39.5 Å². The van der Waals surface area contributed by atoms with E-state index < -0.39 is 80.7 Å². The van der Waals surface area contributed by atoms with Gasteiger partial charge in [0, 0.05) is 30.3 Å². The van der Waals surface area contributed by atoms with Crippen molar-refractivity contribution in [3.8, 4) is 17.2 Å². The lowest BCUT2D eigenvalue weighted by atomic mass is 10.2. The molecular weight excluding hydrogens is 648 g/mol. The maximum Gasteiger partial charge on any atom is 0.573 e.